The summed E-state index contributed by atoms with van der Waals surface area (Å²) >= 11 is 0. The molecule has 7 heteroatoms. The zero-order valence-electron chi connectivity index (χ0n) is 15.4. The third kappa shape index (κ3) is 5.19. The van der Waals surface area contributed by atoms with Gasteiger partial charge >= 0.3 is 5.97 Å². The SMILES string of the molecule is COC(=O)[C@H](CC(C)C)NC(=O)[C@@H]1CCCN1C(=O)[C@@H](N)C(C)C. The Bertz CT molecular complexity index is 465. The maximum absolute atomic E-state index is 12.6. The highest BCUT2D eigenvalue weighted by Gasteiger charge is 2.38. The van der Waals surface area contributed by atoms with Crippen molar-refractivity contribution in [2.45, 2.75) is 65.1 Å². The fourth-order valence-corrected chi connectivity index (χ4v) is 2.88. The number of ether oxygens (including phenoxy) is 1. The molecule has 0 bridgehead atoms. The van der Waals surface area contributed by atoms with E-state index >= 15 is 0 Å². The summed E-state index contributed by atoms with van der Waals surface area (Å²) in [5.41, 5.74) is 5.94. The summed E-state index contributed by atoms with van der Waals surface area (Å²) in [6, 6.07) is -1.88. The minimum Gasteiger partial charge on any atom is -0.467 e. The first-order valence-corrected chi connectivity index (χ1v) is 8.63. The van der Waals surface area contributed by atoms with Gasteiger partial charge < -0.3 is 20.7 Å². The van der Waals surface area contributed by atoms with Crippen molar-refractivity contribution in [3.8, 4) is 0 Å². The Morgan fingerprint density at radius 3 is 2.38 bits per heavy atom. The molecule has 1 aliphatic rings. The fraction of sp³-hybridized carbons (Fsp3) is 0.824. The van der Waals surface area contributed by atoms with Gasteiger partial charge in [0.2, 0.25) is 11.8 Å². The van der Waals surface area contributed by atoms with Crippen molar-refractivity contribution >= 4 is 17.8 Å². The maximum Gasteiger partial charge on any atom is 0.328 e. The lowest BCUT2D eigenvalue weighted by molar-refractivity contribution is -0.147. The van der Waals surface area contributed by atoms with E-state index in [4.69, 9.17) is 10.5 Å². The van der Waals surface area contributed by atoms with Gasteiger partial charge in [-0.05, 0) is 31.1 Å². The number of carbonyl (C=O) groups is 3. The largest absolute Gasteiger partial charge is 0.467 e. The second kappa shape index (κ2) is 9.01. The zero-order chi connectivity index (χ0) is 18.4. The number of likely N-dealkylation sites (tertiary alicyclic amines) is 1. The predicted octanol–water partition coefficient (Wildman–Crippen LogP) is 0.665. The highest BCUT2D eigenvalue weighted by molar-refractivity contribution is 5.92. The molecule has 0 aromatic heterocycles. The average molecular weight is 341 g/mol. The van der Waals surface area contributed by atoms with Crippen molar-refractivity contribution in [3.05, 3.63) is 0 Å². The molecule has 1 saturated heterocycles. The van der Waals surface area contributed by atoms with Crippen molar-refractivity contribution in [1.82, 2.24) is 10.2 Å². The van der Waals surface area contributed by atoms with E-state index in [2.05, 4.69) is 5.32 Å². The van der Waals surface area contributed by atoms with Crippen LogP contribution in [0.1, 0.15) is 47.0 Å². The minimum atomic E-state index is -0.696. The van der Waals surface area contributed by atoms with Crippen LogP contribution in [-0.2, 0) is 19.1 Å². The normalized spacial score (nSPS) is 20.2. The Kier molecular flexibility index (Phi) is 7.66. The molecular weight excluding hydrogens is 310 g/mol. The molecule has 0 radical (unpaired) electrons. The summed E-state index contributed by atoms with van der Waals surface area (Å²) < 4.78 is 4.77. The summed E-state index contributed by atoms with van der Waals surface area (Å²) in [7, 11) is 1.30. The van der Waals surface area contributed by atoms with Crippen LogP contribution in [0.25, 0.3) is 0 Å². The lowest BCUT2D eigenvalue weighted by Gasteiger charge is -2.29. The molecule has 3 N–H and O–H groups in total. The minimum absolute atomic E-state index is 0.00516. The molecule has 1 aliphatic heterocycles. The van der Waals surface area contributed by atoms with Crippen molar-refractivity contribution in [2.24, 2.45) is 17.6 Å². The molecule has 1 fully saturated rings. The van der Waals surface area contributed by atoms with E-state index in [0.717, 1.165) is 6.42 Å². The molecule has 7 nitrogen and oxygen atoms in total. The Balaban J connectivity index is 2.80. The Hall–Kier alpha value is -1.63. The molecule has 0 spiro atoms. The van der Waals surface area contributed by atoms with Gasteiger partial charge in [-0.25, -0.2) is 4.79 Å². The summed E-state index contributed by atoms with van der Waals surface area (Å²) in [6.07, 6.45) is 1.82. The molecule has 0 aromatic rings. The van der Waals surface area contributed by atoms with E-state index in [0.29, 0.717) is 19.4 Å². The quantitative estimate of drug-likeness (QED) is 0.663. The van der Waals surface area contributed by atoms with Crippen LogP contribution in [0, 0.1) is 11.8 Å². The molecule has 0 unspecified atom stereocenters. The number of esters is 1. The van der Waals surface area contributed by atoms with Crippen LogP contribution in [0.4, 0.5) is 0 Å². The number of nitrogens with one attached hydrogen (secondary N) is 1. The standard InChI is InChI=1S/C17H31N3O4/c1-10(2)9-12(17(23)24-5)19-15(21)13-7-6-8-20(13)16(22)14(18)11(3)4/h10-14H,6-9,18H2,1-5H3,(H,19,21)/t12-,13-,14-/m0/s1. The number of nitrogens with zero attached hydrogens (tertiary/aromatic N) is 1. The molecular formula is C17H31N3O4. The number of rotatable bonds is 7. The third-order valence-corrected chi connectivity index (χ3v) is 4.35. The predicted molar refractivity (Wildman–Crippen MR) is 91.0 cm³/mol. The van der Waals surface area contributed by atoms with Gasteiger partial charge in [-0.3, -0.25) is 9.59 Å². The number of carbonyl (C=O) groups excluding carboxylic acids is 3. The molecule has 24 heavy (non-hydrogen) atoms. The van der Waals surface area contributed by atoms with Crippen LogP contribution in [0.5, 0.6) is 0 Å². The monoisotopic (exact) mass is 341 g/mol. The van der Waals surface area contributed by atoms with Crippen LogP contribution in [0.2, 0.25) is 0 Å². The van der Waals surface area contributed by atoms with E-state index in [1.807, 2.05) is 27.7 Å². The van der Waals surface area contributed by atoms with Crippen LogP contribution in [0.15, 0.2) is 0 Å². The van der Waals surface area contributed by atoms with Crippen LogP contribution in [-0.4, -0.2) is 54.5 Å². The van der Waals surface area contributed by atoms with Crippen molar-refractivity contribution in [2.75, 3.05) is 13.7 Å². The van der Waals surface area contributed by atoms with Gasteiger partial charge in [-0.15, -0.1) is 0 Å². The smallest absolute Gasteiger partial charge is 0.328 e. The highest BCUT2D eigenvalue weighted by atomic mass is 16.5. The molecule has 1 heterocycles. The van der Waals surface area contributed by atoms with Crippen LogP contribution in [0.3, 0.4) is 0 Å². The molecule has 0 aromatic carbocycles. The number of hydrogen-bond acceptors (Lipinski definition) is 5. The summed E-state index contributed by atoms with van der Waals surface area (Å²) in [4.78, 5) is 38.5. The van der Waals surface area contributed by atoms with Gasteiger partial charge in [0.25, 0.3) is 0 Å². The van der Waals surface area contributed by atoms with Crippen molar-refractivity contribution in [1.29, 1.82) is 0 Å². The Labute approximate surface area is 144 Å². The van der Waals surface area contributed by atoms with E-state index < -0.39 is 24.1 Å². The number of hydrogen-bond donors (Lipinski definition) is 2. The van der Waals surface area contributed by atoms with Crippen molar-refractivity contribution in [3.63, 3.8) is 0 Å². The number of nitrogens with two attached hydrogens (primary N) is 1. The van der Waals surface area contributed by atoms with Gasteiger partial charge in [0.05, 0.1) is 13.2 Å². The molecule has 0 saturated carbocycles. The number of amides is 2. The second-order valence-electron chi connectivity index (χ2n) is 7.17. The summed E-state index contributed by atoms with van der Waals surface area (Å²) in [5, 5.41) is 2.75. The zero-order valence-corrected chi connectivity index (χ0v) is 15.4. The van der Waals surface area contributed by atoms with E-state index in [9.17, 15) is 14.4 Å². The summed E-state index contributed by atoms with van der Waals surface area (Å²) in [5.74, 6) is -0.753. The van der Waals surface area contributed by atoms with Crippen molar-refractivity contribution < 1.29 is 19.1 Å². The van der Waals surface area contributed by atoms with E-state index in [-0.39, 0.29) is 23.7 Å². The second-order valence-corrected chi connectivity index (χ2v) is 7.17. The van der Waals surface area contributed by atoms with Gasteiger partial charge in [0.15, 0.2) is 0 Å². The molecule has 1 rings (SSSR count). The molecule has 138 valence electrons. The summed E-state index contributed by atoms with van der Waals surface area (Å²) in [6.45, 7) is 8.21. The van der Waals surface area contributed by atoms with Gasteiger partial charge in [0, 0.05) is 6.54 Å². The van der Waals surface area contributed by atoms with Gasteiger partial charge in [0.1, 0.15) is 12.1 Å². The molecule has 0 aliphatic carbocycles. The Morgan fingerprint density at radius 1 is 1.25 bits per heavy atom. The lowest BCUT2D eigenvalue weighted by atomic mass is 10.0. The highest BCUT2D eigenvalue weighted by Crippen LogP contribution is 2.20. The Morgan fingerprint density at radius 2 is 1.88 bits per heavy atom. The topological polar surface area (TPSA) is 102 Å². The van der Waals surface area contributed by atoms with Crippen LogP contribution < -0.4 is 11.1 Å². The maximum atomic E-state index is 12.6. The molecule has 2 amide bonds. The van der Waals surface area contributed by atoms with E-state index in [1.165, 1.54) is 7.11 Å². The van der Waals surface area contributed by atoms with E-state index in [1.54, 1.807) is 4.90 Å². The van der Waals surface area contributed by atoms with Gasteiger partial charge in [-0.1, -0.05) is 27.7 Å². The molecule has 3 atom stereocenters. The first kappa shape index (κ1) is 20.4. The number of methoxy groups -OCH3 is 1. The first-order valence-electron chi connectivity index (χ1n) is 8.63. The van der Waals surface area contributed by atoms with Crippen LogP contribution >= 0.6 is 0 Å². The lowest BCUT2D eigenvalue weighted by Crippen LogP contribution is -2.55. The fourth-order valence-electron chi connectivity index (χ4n) is 2.88. The average Bonchev–Trinajstić information content (AvgIpc) is 3.00. The van der Waals surface area contributed by atoms with Gasteiger partial charge in [-0.2, -0.15) is 0 Å². The third-order valence-electron chi connectivity index (χ3n) is 4.35. The first-order chi connectivity index (χ1) is 11.2.